The first kappa shape index (κ1) is 18.4. The Balaban J connectivity index is 1.81. The van der Waals surface area contributed by atoms with E-state index in [4.69, 9.17) is 4.74 Å². The van der Waals surface area contributed by atoms with E-state index < -0.39 is 17.9 Å². The first-order valence-electron chi connectivity index (χ1n) is 7.45. The third-order valence-corrected chi connectivity index (χ3v) is 3.37. The first-order chi connectivity index (χ1) is 12.7. The lowest BCUT2D eigenvalue weighted by Crippen LogP contribution is -2.17. The monoisotopic (exact) mass is 381 g/mol. The molecule has 0 aliphatic heterocycles. The zero-order valence-corrected chi connectivity index (χ0v) is 13.7. The molecule has 140 valence electrons. The maximum absolute atomic E-state index is 14.0. The van der Waals surface area contributed by atoms with E-state index >= 15 is 0 Å². The minimum Gasteiger partial charge on any atom is -0.421 e. The fourth-order valence-corrected chi connectivity index (χ4v) is 2.15. The summed E-state index contributed by atoms with van der Waals surface area (Å²) >= 11 is 0. The Morgan fingerprint density at radius 3 is 2.41 bits per heavy atom. The van der Waals surface area contributed by atoms with Crippen LogP contribution in [0.5, 0.6) is 17.5 Å². The number of nitrogens with zero attached hydrogens (tertiary/aromatic N) is 3. The van der Waals surface area contributed by atoms with Crippen LogP contribution in [0, 0.1) is 5.82 Å². The van der Waals surface area contributed by atoms with Crippen LogP contribution in [-0.2, 0) is 7.05 Å². The number of benzene rings is 2. The molecule has 10 heteroatoms. The molecule has 0 aliphatic rings. The summed E-state index contributed by atoms with van der Waals surface area (Å²) in [6.45, 7) is 0. The zero-order valence-electron chi connectivity index (χ0n) is 13.7. The lowest BCUT2D eigenvalue weighted by molar-refractivity contribution is -0.274. The summed E-state index contributed by atoms with van der Waals surface area (Å²) < 4.78 is 60.7. The molecule has 27 heavy (non-hydrogen) atoms. The van der Waals surface area contributed by atoms with Crippen LogP contribution in [0.15, 0.2) is 42.5 Å². The van der Waals surface area contributed by atoms with E-state index in [0.717, 1.165) is 12.1 Å². The van der Waals surface area contributed by atoms with Gasteiger partial charge >= 0.3 is 12.4 Å². The Hall–Kier alpha value is -3.43. The largest absolute Gasteiger partial charge is 0.573 e. The summed E-state index contributed by atoms with van der Waals surface area (Å²) in [7, 11) is 1.50. The Kier molecular flexibility index (Phi) is 4.80. The van der Waals surface area contributed by atoms with Gasteiger partial charge in [0.25, 0.3) is 0 Å². The van der Waals surface area contributed by atoms with Gasteiger partial charge in [0, 0.05) is 24.2 Å². The van der Waals surface area contributed by atoms with Gasteiger partial charge in [-0.1, -0.05) is 24.3 Å². The van der Waals surface area contributed by atoms with Crippen molar-refractivity contribution >= 4 is 6.29 Å². The first-order valence-corrected chi connectivity index (χ1v) is 7.45. The number of aromatic nitrogens is 3. The molecule has 6 nitrogen and oxygen atoms in total. The molecule has 3 aromatic rings. The Morgan fingerprint density at radius 1 is 1.11 bits per heavy atom. The van der Waals surface area contributed by atoms with Crippen molar-refractivity contribution in [2.75, 3.05) is 0 Å². The summed E-state index contributed by atoms with van der Waals surface area (Å²) in [6, 6.07) is 8.81. The molecule has 0 spiro atoms. The van der Waals surface area contributed by atoms with Gasteiger partial charge in [-0.3, -0.25) is 4.79 Å². The van der Waals surface area contributed by atoms with Gasteiger partial charge in [0.05, 0.1) is 0 Å². The molecular weight excluding hydrogens is 370 g/mol. The molecule has 3 rings (SSSR count). The summed E-state index contributed by atoms with van der Waals surface area (Å²) in [5, 5.41) is 4.12. The molecule has 0 N–H and O–H groups in total. The van der Waals surface area contributed by atoms with Crippen molar-refractivity contribution < 1.29 is 31.8 Å². The molecule has 0 bridgehead atoms. The molecule has 0 atom stereocenters. The van der Waals surface area contributed by atoms with Gasteiger partial charge in [0.1, 0.15) is 12.0 Å². The van der Waals surface area contributed by atoms with Gasteiger partial charge in [-0.25, -0.2) is 9.07 Å². The van der Waals surface area contributed by atoms with Crippen molar-refractivity contribution in [2.24, 2.45) is 7.05 Å². The third-order valence-electron chi connectivity index (χ3n) is 3.37. The number of rotatable bonds is 5. The highest BCUT2D eigenvalue weighted by Gasteiger charge is 2.31. The number of halogens is 4. The SMILES string of the molecule is Cn1nc(-c2ccc(C=O)cc2)nc1Oc1ccc(OC(F)(F)F)cc1F. The number of alkyl halides is 3. The van der Waals surface area contributed by atoms with Crippen molar-refractivity contribution in [3.63, 3.8) is 0 Å². The summed E-state index contributed by atoms with van der Waals surface area (Å²) in [6.07, 6.45) is -4.23. The minimum absolute atomic E-state index is 0.0761. The van der Waals surface area contributed by atoms with Crippen LogP contribution in [0.2, 0.25) is 0 Å². The van der Waals surface area contributed by atoms with Gasteiger partial charge < -0.3 is 9.47 Å². The number of ether oxygens (including phenoxy) is 2. The van der Waals surface area contributed by atoms with Gasteiger partial charge in [0.15, 0.2) is 17.4 Å². The maximum atomic E-state index is 14.0. The predicted molar refractivity (Wildman–Crippen MR) is 85.0 cm³/mol. The van der Waals surface area contributed by atoms with Gasteiger partial charge in [-0.2, -0.15) is 4.98 Å². The molecular formula is C17H11F4N3O3. The van der Waals surface area contributed by atoms with Crippen molar-refractivity contribution in [3.05, 3.63) is 53.8 Å². The van der Waals surface area contributed by atoms with Gasteiger partial charge in [-0.15, -0.1) is 18.3 Å². The van der Waals surface area contributed by atoms with Crippen LogP contribution in [0.4, 0.5) is 17.6 Å². The fourth-order valence-electron chi connectivity index (χ4n) is 2.15. The highest BCUT2D eigenvalue weighted by Crippen LogP contribution is 2.30. The van der Waals surface area contributed by atoms with Crippen molar-refractivity contribution in [1.29, 1.82) is 0 Å². The van der Waals surface area contributed by atoms with Gasteiger partial charge in [-0.05, 0) is 12.1 Å². The zero-order chi connectivity index (χ0) is 19.6. The number of carbonyl (C=O) groups excluding carboxylic acids is 1. The van der Waals surface area contributed by atoms with Crippen LogP contribution >= 0.6 is 0 Å². The Labute approximate surface area is 150 Å². The predicted octanol–water partition coefficient (Wildman–Crippen LogP) is 4.12. The van der Waals surface area contributed by atoms with E-state index in [1.54, 1.807) is 24.3 Å². The topological polar surface area (TPSA) is 66.2 Å². The van der Waals surface area contributed by atoms with Crippen molar-refractivity contribution in [2.45, 2.75) is 6.36 Å². The highest BCUT2D eigenvalue weighted by molar-refractivity contribution is 5.76. The number of hydrogen-bond acceptors (Lipinski definition) is 5. The molecule has 0 saturated heterocycles. The second-order valence-electron chi connectivity index (χ2n) is 5.32. The number of carbonyl (C=O) groups is 1. The minimum atomic E-state index is -4.92. The normalized spacial score (nSPS) is 11.3. The summed E-state index contributed by atoms with van der Waals surface area (Å²) in [4.78, 5) is 14.8. The van der Waals surface area contributed by atoms with Gasteiger partial charge in [0.2, 0.25) is 0 Å². The van der Waals surface area contributed by atoms with E-state index in [0.29, 0.717) is 23.5 Å². The average Bonchev–Trinajstić information content (AvgIpc) is 2.97. The second kappa shape index (κ2) is 7.06. The van der Waals surface area contributed by atoms with E-state index in [1.807, 2.05) is 0 Å². The molecule has 1 aromatic heterocycles. The smallest absolute Gasteiger partial charge is 0.421 e. The second-order valence-corrected chi connectivity index (χ2v) is 5.32. The maximum Gasteiger partial charge on any atom is 0.573 e. The van der Waals surface area contributed by atoms with Crippen LogP contribution in [-0.4, -0.2) is 27.4 Å². The number of hydrogen-bond donors (Lipinski definition) is 0. The Morgan fingerprint density at radius 2 is 1.81 bits per heavy atom. The van der Waals surface area contributed by atoms with Crippen molar-refractivity contribution in [1.82, 2.24) is 14.8 Å². The third kappa shape index (κ3) is 4.40. The Bertz CT molecular complexity index is 969. The lowest BCUT2D eigenvalue weighted by atomic mass is 10.1. The highest BCUT2D eigenvalue weighted by atomic mass is 19.4. The number of aryl methyl sites for hydroxylation is 1. The van der Waals surface area contributed by atoms with E-state index in [-0.39, 0.29) is 17.6 Å². The van der Waals surface area contributed by atoms with Crippen molar-refractivity contribution in [3.8, 4) is 28.9 Å². The quantitative estimate of drug-likeness (QED) is 0.491. The molecule has 1 heterocycles. The molecule has 0 aliphatic carbocycles. The molecule has 2 aromatic carbocycles. The van der Waals surface area contributed by atoms with Crippen LogP contribution in [0.3, 0.4) is 0 Å². The average molecular weight is 381 g/mol. The summed E-state index contributed by atoms with van der Waals surface area (Å²) in [5.74, 6) is -1.84. The fraction of sp³-hybridized carbons (Fsp3) is 0.118. The molecule has 0 fully saturated rings. The molecule has 0 unspecified atom stereocenters. The van der Waals surface area contributed by atoms with E-state index in [9.17, 15) is 22.4 Å². The number of aldehydes is 1. The molecule has 0 radical (unpaired) electrons. The molecule has 0 saturated carbocycles. The van der Waals surface area contributed by atoms with Crippen LogP contribution in [0.25, 0.3) is 11.4 Å². The van der Waals surface area contributed by atoms with Crippen LogP contribution < -0.4 is 9.47 Å². The lowest BCUT2D eigenvalue weighted by Gasteiger charge is -2.10. The summed E-state index contributed by atoms with van der Waals surface area (Å²) in [5.41, 5.74) is 1.08. The van der Waals surface area contributed by atoms with E-state index in [2.05, 4.69) is 14.8 Å². The standard InChI is InChI=1S/C17H11F4N3O3/c1-24-16(22-15(23-24)11-4-2-10(9-25)3-5-11)26-14-7-6-12(8-13(14)18)27-17(19,20)21/h2-9H,1H3. The molecule has 0 amide bonds. The van der Waals surface area contributed by atoms with E-state index in [1.165, 1.54) is 11.7 Å². The van der Waals surface area contributed by atoms with Crippen LogP contribution in [0.1, 0.15) is 10.4 Å².